The van der Waals surface area contributed by atoms with Gasteiger partial charge in [0.25, 0.3) is 0 Å². The molecule has 1 atom stereocenters. The van der Waals surface area contributed by atoms with Gasteiger partial charge in [-0.25, -0.2) is 4.79 Å². The van der Waals surface area contributed by atoms with Crippen LogP contribution in [0.3, 0.4) is 0 Å². The Morgan fingerprint density at radius 2 is 1.93 bits per heavy atom. The molecule has 0 fully saturated rings. The molecule has 0 radical (unpaired) electrons. The predicted molar refractivity (Wildman–Crippen MR) is 44.9 cm³/mol. The third-order valence-electron chi connectivity index (χ3n) is 1.98. The van der Waals surface area contributed by atoms with Crippen LogP contribution in [0.1, 0.15) is 13.8 Å². The van der Waals surface area contributed by atoms with Crippen LogP contribution < -0.4 is 10.6 Å². The van der Waals surface area contributed by atoms with Crippen LogP contribution in [0.5, 0.6) is 0 Å². The van der Waals surface area contributed by atoms with Crippen LogP contribution in [0.2, 0.25) is 0 Å². The Hall–Kier alpha value is -1.53. The summed E-state index contributed by atoms with van der Waals surface area (Å²) in [5.41, 5.74) is -0.518. The van der Waals surface area contributed by atoms with Crippen LogP contribution >= 0.6 is 0 Å². The summed E-state index contributed by atoms with van der Waals surface area (Å²) < 4.78 is 37.4. The van der Waals surface area contributed by atoms with Crippen molar-refractivity contribution in [3.8, 4) is 0 Å². The molecule has 0 saturated carbocycles. The first-order valence-electron chi connectivity index (χ1n) is 4.09. The average molecular weight is 222 g/mol. The van der Waals surface area contributed by atoms with Crippen molar-refractivity contribution < 1.29 is 22.8 Å². The minimum absolute atomic E-state index is 0.0615. The highest BCUT2D eigenvalue weighted by Crippen LogP contribution is 2.28. The zero-order valence-corrected chi connectivity index (χ0v) is 8.03. The number of hydrogen-bond donors (Lipinski definition) is 2. The number of hydrogen-bond acceptors (Lipinski definition) is 2. The highest BCUT2D eigenvalue weighted by molar-refractivity contribution is 5.98. The molecule has 0 aromatic heterocycles. The fraction of sp³-hybridized carbons (Fsp3) is 0.500. The van der Waals surface area contributed by atoms with E-state index in [4.69, 9.17) is 0 Å². The summed E-state index contributed by atoms with van der Waals surface area (Å²) in [5.74, 6) is -0.720. The zero-order valence-electron chi connectivity index (χ0n) is 8.03. The minimum atomic E-state index is -4.67. The molecule has 1 aliphatic rings. The molecule has 1 aliphatic heterocycles. The lowest BCUT2D eigenvalue weighted by atomic mass is 9.99. The summed E-state index contributed by atoms with van der Waals surface area (Å²) in [5, 5.41) is 3.79. The maximum Gasteiger partial charge on any atom is 0.413 e. The number of amides is 2. The van der Waals surface area contributed by atoms with Crippen LogP contribution in [-0.2, 0) is 4.79 Å². The van der Waals surface area contributed by atoms with Crippen molar-refractivity contribution in [2.45, 2.75) is 26.1 Å². The normalized spacial score (nSPS) is 22.2. The number of allylic oxidation sites excluding steroid dienone is 1. The van der Waals surface area contributed by atoms with Gasteiger partial charge in [-0.3, -0.25) is 4.79 Å². The molecule has 1 rings (SSSR count). The summed E-state index contributed by atoms with van der Waals surface area (Å²) in [4.78, 5) is 21.9. The van der Waals surface area contributed by atoms with E-state index in [2.05, 4.69) is 5.32 Å². The summed E-state index contributed by atoms with van der Waals surface area (Å²) in [7, 11) is 0. The van der Waals surface area contributed by atoms with E-state index in [1.54, 1.807) is 5.32 Å². The van der Waals surface area contributed by atoms with Gasteiger partial charge in [-0.15, -0.1) is 0 Å². The Kier molecular flexibility index (Phi) is 2.74. The average Bonchev–Trinajstić information content (AvgIpc) is 1.99. The maximum atomic E-state index is 12.5. The molecule has 0 bridgehead atoms. The van der Waals surface area contributed by atoms with Crippen LogP contribution in [0, 0.1) is 0 Å². The molecule has 0 aromatic rings. The number of urea groups is 1. The lowest BCUT2D eigenvalue weighted by molar-refractivity contribution is -0.148. The summed E-state index contributed by atoms with van der Waals surface area (Å²) in [6.45, 7) is 2.28. The molecule has 2 amide bonds. The number of alkyl halides is 3. The van der Waals surface area contributed by atoms with Crippen molar-refractivity contribution in [1.29, 1.82) is 0 Å². The van der Waals surface area contributed by atoms with Gasteiger partial charge in [0.15, 0.2) is 11.8 Å². The van der Waals surface area contributed by atoms with E-state index in [1.807, 2.05) is 0 Å². The van der Waals surface area contributed by atoms with E-state index in [0.29, 0.717) is 0 Å². The van der Waals surface area contributed by atoms with E-state index in [0.717, 1.165) is 6.92 Å². The van der Waals surface area contributed by atoms with Gasteiger partial charge in [-0.2, -0.15) is 13.2 Å². The number of ketones is 1. The van der Waals surface area contributed by atoms with E-state index in [9.17, 15) is 22.8 Å². The van der Waals surface area contributed by atoms with Gasteiger partial charge in [0.05, 0.1) is 0 Å². The predicted octanol–water partition coefficient (Wildman–Crippen LogP) is 1.09. The van der Waals surface area contributed by atoms with Crippen molar-refractivity contribution >= 4 is 11.8 Å². The molecule has 0 spiro atoms. The molecule has 15 heavy (non-hydrogen) atoms. The Labute approximate surface area is 83.5 Å². The van der Waals surface area contributed by atoms with Crippen LogP contribution in [0.4, 0.5) is 18.0 Å². The monoisotopic (exact) mass is 222 g/mol. The van der Waals surface area contributed by atoms with Crippen molar-refractivity contribution in [2.24, 2.45) is 0 Å². The first-order valence-corrected chi connectivity index (χ1v) is 4.09. The Balaban J connectivity index is 3.19. The molecule has 1 unspecified atom stereocenters. The van der Waals surface area contributed by atoms with Crippen molar-refractivity contribution in [1.82, 2.24) is 10.6 Å². The fourth-order valence-corrected chi connectivity index (χ4v) is 1.41. The third kappa shape index (κ3) is 2.28. The summed E-state index contributed by atoms with van der Waals surface area (Å²) >= 11 is 0. The first-order chi connectivity index (χ1) is 6.73. The number of carbonyl (C=O) groups excluding carboxylic acids is 2. The second kappa shape index (κ2) is 3.56. The second-order valence-corrected chi connectivity index (χ2v) is 3.17. The van der Waals surface area contributed by atoms with Crippen LogP contribution in [0.25, 0.3) is 0 Å². The van der Waals surface area contributed by atoms with Gasteiger partial charge in [0, 0.05) is 11.3 Å². The fourth-order valence-electron chi connectivity index (χ4n) is 1.41. The molecule has 84 valence electrons. The Bertz CT molecular complexity index is 346. The topological polar surface area (TPSA) is 58.2 Å². The van der Waals surface area contributed by atoms with E-state index in [-0.39, 0.29) is 5.70 Å². The lowest BCUT2D eigenvalue weighted by Crippen LogP contribution is -2.55. The number of carbonyl (C=O) groups is 2. The van der Waals surface area contributed by atoms with Gasteiger partial charge in [-0.1, -0.05) is 0 Å². The Morgan fingerprint density at radius 3 is 2.33 bits per heavy atom. The molecule has 4 nitrogen and oxygen atoms in total. The number of rotatable bonds is 1. The SMILES string of the molecule is CC(=O)C1=C(C)NC(=O)NC1C(F)(F)F. The quantitative estimate of drug-likeness (QED) is 0.697. The molecule has 1 heterocycles. The summed E-state index contributed by atoms with van der Waals surface area (Å²) in [6.07, 6.45) is -4.67. The number of nitrogens with one attached hydrogen (secondary N) is 2. The second-order valence-electron chi connectivity index (χ2n) is 3.17. The Morgan fingerprint density at radius 1 is 1.40 bits per heavy atom. The number of halogens is 3. The first kappa shape index (κ1) is 11.5. The van der Waals surface area contributed by atoms with Crippen molar-refractivity contribution in [3.63, 3.8) is 0 Å². The molecule has 0 aromatic carbocycles. The molecule has 7 heteroatoms. The maximum absolute atomic E-state index is 12.5. The van der Waals surface area contributed by atoms with Crippen molar-refractivity contribution in [3.05, 3.63) is 11.3 Å². The largest absolute Gasteiger partial charge is 0.413 e. The molecule has 0 aliphatic carbocycles. The highest BCUT2D eigenvalue weighted by atomic mass is 19.4. The zero-order chi connectivity index (χ0) is 11.8. The van der Waals surface area contributed by atoms with Gasteiger partial charge in [0.2, 0.25) is 0 Å². The third-order valence-corrected chi connectivity index (χ3v) is 1.98. The van der Waals surface area contributed by atoms with Gasteiger partial charge < -0.3 is 10.6 Å². The van der Waals surface area contributed by atoms with E-state index >= 15 is 0 Å². The van der Waals surface area contributed by atoms with Crippen LogP contribution in [-0.4, -0.2) is 24.0 Å². The number of Topliss-reactive ketones (excluding diaryl/α,β-unsaturated/α-hetero) is 1. The van der Waals surface area contributed by atoms with Gasteiger partial charge in [0.1, 0.15) is 0 Å². The standard InChI is InChI=1S/C8H9F3N2O2/c1-3-5(4(2)14)6(8(9,10)11)13-7(15)12-3/h6H,1-2H3,(H2,12,13,15). The van der Waals surface area contributed by atoms with E-state index < -0.39 is 29.6 Å². The molecule has 0 saturated heterocycles. The molecule has 2 N–H and O–H groups in total. The van der Waals surface area contributed by atoms with E-state index in [1.165, 1.54) is 6.92 Å². The lowest BCUT2D eigenvalue weighted by Gasteiger charge is -2.29. The highest BCUT2D eigenvalue weighted by Gasteiger charge is 2.47. The van der Waals surface area contributed by atoms with Crippen LogP contribution in [0.15, 0.2) is 11.3 Å². The minimum Gasteiger partial charge on any atom is -0.322 e. The van der Waals surface area contributed by atoms with Gasteiger partial charge in [-0.05, 0) is 13.8 Å². The van der Waals surface area contributed by atoms with Crippen molar-refractivity contribution in [2.75, 3.05) is 0 Å². The van der Waals surface area contributed by atoms with Gasteiger partial charge >= 0.3 is 12.2 Å². The molecular weight excluding hydrogens is 213 g/mol. The molecular formula is C8H9F3N2O2. The smallest absolute Gasteiger partial charge is 0.322 e. The summed E-state index contributed by atoms with van der Waals surface area (Å²) in [6, 6.07) is -3.18.